The van der Waals surface area contributed by atoms with Gasteiger partial charge >= 0.3 is 12.1 Å². The van der Waals surface area contributed by atoms with E-state index in [1.807, 2.05) is 0 Å². The molecule has 0 spiro atoms. The number of ether oxygens (including phenoxy) is 1. The number of benzene rings is 1. The number of fused-ring (bicyclic) bond motifs is 1. The Bertz CT molecular complexity index is 869. The monoisotopic (exact) mass is 368 g/mol. The van der Waals surface area contributed by atoms with Gasteiger partial charge in [-0.3, -0.25) is 14.6 Å². The van der Waals surface area contributed by atoms with Gasteiger partial charge < -0.3 is 14.7 Å². The molecule has 138 valence electrons. The SMILES string of the molecule is COc1cnc2ccccc2c1C(=O)N1C[C@@H](C(F)(F)F)[C@H](C(=O)O)C1. The number of hydrogen-bond acceptors (Lipinski definition) is 4. The predicted octanol–water partition coefficient (Wildman–Crippen LogP) is 2.58. The fourth-order valence-corrected chi connectivity index (χ4v) is 3.21. The van der Waals surface area contributed by atoms with Crippen LogP contribution >= 0.6 is 0 Å². The zero-order valence-corrected chi connectivity index (χ0v) is 13.7. The Balaban J connectivity index is 2.03. The van der Waals surface area contributed by atoms with Gasteiger partial charge in [0.2, 0.25) is 0 Å². The van der Waals surface area contributed by atoms with E-state index in [0.717, 1.165) is 4.90 Å². The van der Waals surface area contributed by atoms with E-state index >= 15 is 0 Å². The van der Waals surface area contributed by atoms with E-state index < -0.39 is 43.0 Å². The minimum atomic E-state index is -4.71. The Kier molecular flexibility index (Phi) is 4.47. The minimum absolute atomic E-state index is 0.0741. The normalized spacial score (nSPS) is 20.4. The maximum Gasteiger partial charge on any atom is 0.394 e. The standard InChI is InChI=1S/C17H15F3N2O4/c1-26-13-6-21-12-5-3-2-4-9(12)14(13)15(23)22-7-10(16(24)25)11(8-22)17(18,19)20/h2-6,10-11H,7-8H2,1H3,(H,24,25)/t10-,11-/m1/s1. The number of carbonyl (C=O) groups is 2. The average Bonchev–Trinajstić information content (AvgIpc) is 3.06. The molecular formula is C17H15F3N2O4. The van der Waals surface area contributed by atoms with Crippen molar-refractivity contribution >= 4 is 22.8 Å². The fourth-order valence-electron chi connectivity index (χ4n) is 3.21. The van der Waals surface area contributed by atoms with Crippen molar-refractivity contribution in [2.45, 2.75) is 6.18 Å². The minimum Gasteiger partial charge on any atom is -0.494 e. The summed E-state index contributed by atoms with van der Waals surface area (Å²) in [4.78, 5) is 29.2. The topological polar surface area (TPSA) is 79.7 Å². The molecule has 0 aliphatic carbocycles. The molecule has 0 unspecified atom stereocenters. The fraction of sp³-hybridized carbons (Fsp3) is 0.353. The molecular weight excluding hydrogens is 353 g/mol. The molecule has 2 atom stereocenters. The number of carboxylic acids is 1. The summed E-state index contributed by atoms with van der Waals surface area (Å²) >= 11 is 0. The summed E-state index contributed by atoms with van der Waals surface area (Å²) < 4.78 is 44.7. The lowest BCUT2D eigenvalue weighted by Gasteiger charge is -2.20. The smallest absolute Gasteiger partial charge is 0.394 e. The first kappa shape index (κ1) is 18.0. The van der Waals surface area contributed by atoms with Crippen LogP contribution in [0.3, 0.4) is 0 Å². The van der Waals surface area contributed by atoms with Crippen LogP contribution in [0, 0.1) is 11.8 Å². The van der Waals surface area contributed by atoms with Crippen LogP contribution in [0.2, 0.25) is 0 Å². The molecule has 1 aromatic carbocycles. The second-order valence-corrected chi connectivity index (χ2v) is 6.02. The van der Waals surface area contributed by atoms with Crippen molar-refractivity contribution in [1.29, 1.82) is 0 Å². The lowest BCUT2D eigenvalue weighted by atomic mass is 9.96. The number of nitrogens with zero attached hydrogens (tertiary/aromatic N) is 2. The number of para-hydroxylation sites is 1. The summed E-state index contributed by atoms with van der Waals surface area (Å²) in [6, 6.07) is 6.66. The molecule has 1 aromatic heterocycles. The lowest BCUT2D eigenvalue weighted by molar-refractivity contribution is -0.187. The van der Waals surface area contributed by atoms with E-state index in [2.05, 4.69) is 4.98 Å². The van der Waals surface area contributed by atoms with Crippen molar-refractivity contribution in [2.75, 3.05) is 20.2 Å². The Morgan fingerprint density at radius 3 is 2.54 bits per heavy atom. The number of aromatic nitrogens is 1. The van der Waals surface area contributed by atoms with E-state index in [4.69, 9.17) is 9.84 Å². The van der Waals surface area contributed by atoms with Crippen LogP contribution in [-0.4, -0.2) is 53.2 Å². The summed E-state index contributed by atoms with van der Waals surface area (Å²) in [7, 11) is 1.32. The number of rotatable bonds is 3. The van der Waals surface area contributed by atoms with Crippen molar-refractivity contribution in [3.05, 3.63) is 36.0 Å². The van der Waals surface area contributed by atoms with Gasteiger partial charge in [-0.2, -0.15) is 13.2 Å². The number of methoxy groups -OCH3 is 1. The summed E-state index contributed by atoms with van der Waals surface area (Å²) in [5.74, 6) is -5.97. The highest BCUT2D eigenvalue weighted by molar-refractivity contribution is 6.08. The second kappa shape index (κ2) is 6.47. The lowest BCUT2D eigenvalue weighted by Crippen LogP contribution is -2.34. The van der Waals surface area contributed by atoms with Gasteiger partial charge in [0.15, 0.2) is 5.75 Å². The Morgan fingerprint density at radius 2 is 1.96 bits per heavy atom. The molecule has 1 fully saturated rings. The van der Waals surface area contributed by atoms with Crippen LogP contribution in [0.25, 0.3) is 10.9 Å². The van der Waals surface area contributed by atoms with E-state index in [0.29, 0.717) is 10.9 Å². The van der Waals surface area contributed by atoms with Crippen LogP contribution in [0.1, 0.15) is 10.4 Å². The first-order valence-electron chi connectivity index (χ1n) is 7.74. The maximum absolute atomic E-state index is 13.2. The molecule has 0 saturated carbocycles. The molecule has 1 aliphatic rings. The van der Waals surface area contributed by atoms with E-state index in [1.165, 1.54) is 13.3 Å². The molecule has 9 heteroatoms. The highest BCUT2D eigenvalue weighted by Crippen LogP contribution is 2.39. The highest BCUT2D eigenvalue weighted by atomic mass is 19.4. The number of aliphatic carboxylic acids is 1. The van der Waals surface area contributed by atoms with Crippen LogP contribution in [-0.2, 0) is 4.79 Å². The third-order valence-corrected chi connectivity index (χ3v) is 4.52. The molecule has 1 saturated heterocycles. The zero-order valence-electron chi connectivity index (χ0n) is 13.7. The van der Waals surface area contributed by atoms with E-state index in [1.54, 1.807) is 24.3 Å². The third kappa shape index (κ3) is 3.04. The van der Waals surface area contributed by atoms with Crippen molar-refractivity contribution in [1.82, 2.24) is 9.88 Å². The average molecular weight is 368 g/mol. The first-order valence-corrected chi connectivity index (χ1v) is 7.74. The highest BCUT2D eigenvalue weighted by Gasteiger charge is 2.53. The van der Waals surface area contributed by atoms with E-state index in [-0.39, 0.29) is 11.3 Å². The predicted molar refractivity (Wildman–Crippen MR) is 84.9 cm³/mol. The van der Waals surface area contributed by atoms with Crippen molar-refractivity contribution in [3.8, 4) is 5.75 Å². The summed E-state index contributed by atoms with van der Waals surface area (Å²) in [5, 5.41) is 9.55. The van der Waals surface area contributed by atoms with Crippen LogP contribution < -0.4 is 4.74 Å². The summed E-state index contributed by atoms with van der Waals surface area (Å²) in [6.07, 6.45) is -3.38. The van der Waals surface area contributed by atoms with Gasteiger partial charge in [0.25, 0.3) is 5.91 Å². The van der Waals surface area contributed by atoms with Gasteiger partial charge in [0.05, 0.1) is 36.2 Å². The van der Waals surface area contributed by atoms with Crippen LogP contribution in [0.5, 0.6) is 5.75 Å². The molecule has 26 heavy (non-hydrogen) atoms. The number of hydrogen-bond donors (Lipinski definition) is 1. The number of amides is 1. The van der Waals surface area contributed by atoms with Crippen LogP contribution in [0.15, 0.2) is 30.5 Å². The van der Waals surface area contributed by atoms with Gasteiger partial charge in [-0.1, -0.05) is 18.2 Å². The Hall–Kier alpha value is -2.84. The van der Waals surface area contributed by atoms with Gasteiger partial charge in [-0.25, -0.2) is 0 Å². The van der Waals surface area contributed by atoms with Gasteiger partial charge in [-0.15, -0.1) is 0 Å². The second-order valence-electron chi connectivity index (χ2n) is 6.02. The molecule has 2 aromatic rings. The molecule has 1 N–H and O–H groups in total. The van der Waals surface area contributed by atoms with Crippen molar-refractivity contribution < 1.29 is 32.6 Å². The molecule has 1 amide bonds. The van der Waals surface area contributed by atoms with Crippen LogP contribution in [0.4, 0.5) is 13.2 Å². The molecule has 2 heterocycles. The quantitative estimate of drug-likeness (QED) is 0.901. The molecule has 0 bridgehead atoms. The summed E-state index contributed by atoms with van der Waals surface area (Å²) in [6.45, 7) is -1.22. The number of pyridine rings is 1. The third-order valence-electron chi connectivity index (χ3n) is 4.52. The maximum atomic E-state index is 13.2. The molecule has 0 radical (unpaired) electrons. The van der Waals surface area contributed by atoms with Crippen molar-refractivity contribution in [3.63, 3.8) is 0 Å². The Morgan fingerprint density at radius 1 is 1.27 bits per heavy atom. The van der Waals surface area contributed by atoms with Gasteiger partial charge in [0, 0.05) is 18.5 Å². The molecule has 3 rings (SSSR count). The number of carboxylic acid groups (broad SMARTS) is 1. The molecule has 6 nitrogen and oxygen atoms in total. The van der Waals surface area contributed by atoms with Gasteiger partial charge in [-0.05, 0) is 6.07 Å². The number of carbonyl (C=O) groups excluding carboxylic acids is 1. The molecule has 1 aliphatic heterocycles. The largest absolute Gasteiger partial charge is 0.494 e. The number of likely N-dealkylation sites (tertiary alicyclic amines) is 1. The van der Waals surface area contributed by atoms with E-state index in [9.17, 15) is 22.8 Å². The van der Waals surface area contributed by atoms with Gasteiger partial charge in [0.1, 0.15) is 0 Å². The van der Waals surface area contributed by atoms with Crippen molar-refractivity contribution in [2.24, 2.45) is 11.8 Å². The first-order chi connectivity index (χ1) is 12.2. The Labute approximate surface area is 146 Å². The number of halogens is 3. The summed E-state index contributed by atoms with van der Waals surface area (Å²) in [5.41, 5.74) is 0.558. The number of alkyl halides is 3. The zero-order chi connectivity index (χ0) is 19.1.